The molecule has 0 saturated heterocycles. The molecule has 0 spiro atoms. The van der Waals surface area contributed by atoms with Crippen molar-refractivity contribution in [3.8, 4) is 11.5 Å². The van der Waals surface area contributed by atoms with Crippen molar-refractivity contribution in [1.82, 2.24) is 0 Å². The van der Waals surface area contributed by atoms with Crippen LogP contribution in [0.3, 0.4) is 0 Å². The number of hydrogen-bond acceptors (Lipinski definition) is 6. The second-order valence-corrected chi connectivity index (χ2v) is 9.44. The lowest BCUT2D eigenvalue weighted by atomic mass is 10.3. The van der Waals surface area contributed by atoms with Gasteiger partial charge in [-0.3, -0.25) is 9.44 Å². The largest absolute Gasteiger partial charge is 0.506 e. The third kappa shape index (κ3) is 4.81. The molecule has 3 aromatic carbocycles. The van der Waals surface area contributed by atoms with Crippen LogP contribution < -0.4 is 14.2 Å². The summed E-state index contributed by atoms with van der Waals surface area (Å²) in [6.45, 7) is 0. The molecule has 3 rings (SSSR count). The smallest absolute Gasteiger partial charge is 0.262 e. The molecule has 0 aliphatic rings. The van der Waals surface area contributed by atoms with Crippen molar-refractivity contribution in [3.63, 3.8) is 0 Å². The molecule has 3 N–H and O–H groups in total. The van der Waals surface area contributed by atoms with Gasteiger partial charge in [0.1, 0.15) is 17.3 Å². The van der Waals surface area contributed by atoms with E-state index < -0.39 is 31.6 Å². The quantitative estimate of drug-likeness (QED) is 0.474. The van der Waals surface area contributed by atoms with Crippen molar-refractivity contribution in [3.05, 3.63) is 72.5 Å². The minimum absolute atomic E-state index is 0.255. The molecule has 8 nitrogen and oxygen atoms in total. The van der Waals surface area contributed by atoms with E-state index in [0.29, 0.717) is 5.75 Å². The number of aromatic hydroxyl groups is 1. The van der Waals surface area contributed by atoms with Crippen LogP contribution >= 0.6 is 0 Å². The predicted octanol–water partition coefficient (Wildman–Crippen LogP) is 3.14. The van der Waals surface area contributed by atoms with Gasteiger partial charge in [-0.05, 0) is 60.7 Å². The fourth-order valence-corrected chi connectivity index (χ4v) is 4.66. The second kappa shape index (κ2) is 8.20. The van der Waals surface area contributed by atoms with Gasteiger partial charge in [0.15, 0.2) is 0 Å². The van der Waals surface area contributed by atoms with Crippen molar-refractivity contribution in [2.45, 2.75) is 9.79 Å². The highest BCUT2D eigenvalue weighted by Crippen LogP contribution is 2.30. The number of phenolic OH excluding ortho intramolecular Hbond substituents is 1. The average molecular weight is 452 g/mol. The van der Waals surface area contributed by atoms with E-state index in [-0.39, 0.29) is 21.2 Å². The third-order valence-electron chi connectivity index (χ3n) is 3.97. The summed E-state index contributed by atoms with van der Waals surface area (Å²) in [5, 5.41) is 9.98. The lowest BCUT2D eigenvalue weighted by molar-refractivity contribution is 0.415. The van der Waals surface area contributed by atoms with Crippen LogP contribution in [-0.4, -0.2) is 29.1 Å². The molecule has 0 bridgehead atoms. The number of phenols is 1. The summed E-state index contributed by atoms with van der Waals surface area (Å²) >= 11 is 0. The molecular formula is C19H17FN2O6S2. The van der Waals surface area contributed by atoms with E-state index in [1.165, 1.54) is 25.3 Å². The summed E-state index contributed by atoms with van der Waals surface area (Å²) in [6.07, 6.45) is 0. The van der Waals surface area contributed by atoms with Crippen LogP contribution in [0.1, 0.15) is 0 Å². The number of sulfonamides is 2. The fraction of sp³-hybridized carbons (Fsp3) is 0.0526. The van der Waals surface area contributed by atoms with Gasteiger partial charge in [-0.1, -0.05) is 6.07 Å². The lowest BCUT2D eigenvalue weighted by Crippen LogP contribution is -2.16. The Hall–Kier alpha value is -3.31. The number of anilines is 2. The van der Waals surface area contributed by atoms with Crippen LogP contribution in [0, 0.1) is 5.82 Å². The van der Waals surface area contributed by atoms with Gasteiger partial charge in [-0.15, -0.1) is 0 Å². The predicted molar refractivity (Wildman–Crippen MR) is 109 cm³/mol. The molecule has 0 fully saturated rings. The van der Waals surface area contributed by atoms with Gasteiger partial charge in [-0.25, -0.2) is 21.2 Å². The number of methoxy groups -OCH3 is 1. The minimum atomic E-state index is -4.27. The zero-order valence-electron chi connectivity index (χ0n) is 15.5. The van der Waals surface area contributed by atoms with Crippen LogP contribution in [0.4, 0.5) is 15.8 Å². The number of ether oxygens (including phenoxy) is 1. The van der Waals surface area contributed by atoms with Crippen LogP contribution in [0.25, 0.3) is 0 Å². The summed E-state index contributed by atoms with van der Waals surface area (Å²) in [7, 11) is -6.89. The number of hydrogen-bond donors (Lipinski definition) is 3. The van der Waals surface area contributed by atoms with Crippen LogP contribution in [0.5, 0.6) is 11.5 Å². The molecule has 0 saturated carbocycles. The molecule has 0 aliphatic heterocycles. The highest BCUT2D eigenvalue weighted by atomic mass is 32.2. The van der Waals surface area contributed by atoms with Gasteiger partial charge >= 0.3 is 0 Å². The first-order chi connectivity index (χ1) is 14.1. The van der Waals surface area contributed by atoms with E-state index in [1.54, 1.807) is 12.1 Å². The number of halogens is 1. The van der Waals surface area contributed by atoms with E-state index in [2.05, 4.69) is 9.44 Å². The van der Waals surface area contributed by atoms with Gasteiger partial charge in [0, 0.05) is 5.69 Å². The van der Waals surface area contributed by atoms with E-state index in [1.807, 2.05) is 0 Å². The van der Waals surface area contributed by atoms with Crippen LogP contribution in [0.15, 0.2) is 76.5 Å². The summed E-state index contributed by atoms with van der Waals surface area (Å²) in [5.41, 5.74) is -0.123. The van der Waals surface area contributed by atoms with Crippen molar-refractivity contribution >= 4 is 31.4 Å². The van der Waals surface area contributed by atoms with Gasteiger partial charge in [-0.2, -0.15) is 0 Å². The maximum absolute atomic E-state index is 13.4. The standard InChI is InChI=1S/C19H17FN2O6S2/c1-28-15-7-5-14(6-8-15)21-29(24,25)17-9-10-19(23)18(12-17)22-30(26,27)16-4-2-3-13(20)11-16/h2-12,21-23H,1H3. The Morgan fingerprint density at radius 1 is 0.833 bits per heavy atom. The molecule has 0 atom stereocenters. The Morgan fingerprint density at radius 2 is 1.47 bits per heavy atom. The second-order valence-electron chi connectivity index (χ2n) is 6.08. The highest BCUT2D eigenvalue weighted by Gasteiger charge is 2.21. The van der Waals surface area contributed by atoms with Gasteiger partial charge < -0.3 is 9.84 Å². The molecule has 11 heteroatoms. The molecule has 0 radical (unpaired) electrons. The zero-order valence-corrected chi connectivity index (χ0v) is 17.2. The number of benzene rings is 3. The lowest BCUT2D eigenvalue weighted by Gasteiger charge is -2.13. The molecule has 0 heterocycles. The summed E-state index contributed by atoms with van der Waals surface area (Å²) < 4.78 is 73.0. The first-order valence-corrected chi connectivity index (χ1v) is 11.4. The normalized spacial score (nSPS) is 11.7. The maximum Gasteiger partial charge on any atom is 0.262 e. The van der Waals surface area contributed by atoms with E-state index in [4.69, 9.17) is 4.74 Å². The van der Waals surface area contributed by atoms with E-state index in [0.717, 1.165) is 36.4 Å². The Bertz CT molecular complexity index is 1280. The molecule has 0 unspecified atom stereocenters. The molecular weight excluding hydrogens is 435 g/mol. The van der Waals surface area contributed by atoms with Crippen LogP contribution in [-0.2, 0) is 20.0 Å². The fourth-order valence-electron chi connectivity index (χ4n) is 2.48. The van der Waals surface area contributed by atoms with Crippen molar-refractivity contribution in [2.75, 3.05) is 16.6 Å². The first kappa shape index (κ1) is 21.4. The Labute approximate surface area is 173 Å². The molecule has 0 aromatic heterocycles. The maximum atomic E-state index is 13.4. The molecule has 30 heavy (non-hydrogen) atoms. The van der Waals surface area contributed by atoms with Crippen molar-refractivity contribution in [1.29, 1.82) is 0 Å². The number of nitrogens with one attached hydrogen (secondary N) is 2. The van der Waals surface area contributed by atoms with Gasteiger partial charge in [0.25, 0.3) is 20.0 Å². The van der Waals surface area contributed by atoms with Gasteiger partial charge in [0.2, 0.25) is 0 Å². The third-order valence-corrected chi connectivity index (χ3v) is 6.71. The van der Waals surface area contributed by atoms with Crippen molar-refractivity contribution < 1.29 is 31.1 Å². The molecule has 0 amide bonds. The Kier molecular flexibility index (Phi) is 5.85. The zero-order chi connectivity index (χ0) is 21.9. The molecule has 3 aromatic rings. The molecule has 158 valence electrons. The summed E-state index contributed by atoms with van der Waals surface area (Å²) in [6, 6.07) is 13.5. The summed E-state index contributed by atoms with van der Waals surface area (Å²) in [4.78, 5) is -0.681. The summed E-state index contributed by atoms with van der Waals surface area (Å²) in [5.74, 6) is -0.725. The molecule has 0 aliphatic carbocycles. The monoisotopic (exact) mass is 452 g/mol. The Balaban J connectivity index is 1.90. The Morgan fingerprint density at radius 3 is 2.10 bits per heavy atom. The van der Waals surface area contributed by atoms with Crippen molar-refractivity contribution in [2.24, 2.45) is 0 Å². The average Bonchev–Trinajstić information content (AvgIpc) is 2.69. The van der Waals surface area contributed by atoms with Crippen LogP contribution in [0.2, 0.25) is 0 Å². The highest BCUT2D eigenvalue weighted by molar-refractivity contribution is 7.93. The van der Waals surface area contributed by atoms with E-state index >= 15 is 0 Å². The number of rotatable bonds is 7. The van der Waals surface area contributed by atoms with Gasteiger partial charge in [0.05, 0.1) is 22.6 Å². The first-order valence-electron chi connectivity index (χ1n) is 8.39. The SMILES string of the molecule is COc1ccc(NS(=O)(=O)c2ccc(O)c(NS(=O)(=O)c3cccc(F)c3)c2)cc1. The van der Waals surface area contributed by atoms with E-state index in [9.17, 15) is 26.3 Å². The minimum Gasteiger partial charge on any atom is -0.506 e. The topological polar surface area (TPSA) is 122 Å².